The standard InChI is InChI=1S/C9H18N2O/c1-3-11(4-2)9(10)8-6-5-7-12-8/h8,10H,3-7H2,1-2H3. The number of nitrogens with one attached hydrogen (secondary N) is 1. The lowest BCUT2D eigenvalue weighted by Gasteiger charge is -2.24. The highest BCUT2D eigenvalue weighted by molar-refractivity contribution is 5.83. The maximum atomic E-state index is 7.84. The van der Waals surface area contributed by atoms with Crippen molar-refractivity contribution in [3.63, 3.8) is 0 Å². The van der Waals surface area contributed by atoms with Crippen LogP contribution in [0.15, 0.2) is 0 Å². The third kappa shape index (κ3) is 1.97. The predicted octanol–water partition coefficient (Wildman–Crippen LogP) is 1.48. The molecule has 0 radical (unpaired) electrons. The van der Waals surface area contributed by atoms with Crippen LogP contribution >= 0.6 is 0 Å². The van der Waals surface area contributed by atoms with Crippen LogP contribution < -0.4 is 0 Å². The van der Waals surface area contributed by atoms with Gasteiger partial charge in [-0.05, 0) is 26.7 Å². The zero-order chi connectivity index (χ0) is 8.97. The molecule has 0 aliphatic carbocycles. The van der Waals surface area contributed by atoms with E-state index in [0.717, 1.165) is 32.5 Å². The van der Waals surface area contributed by atoms with Gasteiger partial charge in [-0.3, -0.25) is 5.41 Å². The Morgan fingerprint density at radius 1 is 1.50 bits per heavy atom. The van der Waals surface area contributed by atoms with Crippen LogP contribution in [0.5, 0.6) is 0 Å². The predicted molar refractivity (Wildman–Crippen MR) is 49.6 cm³/mol. The summed E-state index contributed by atoms with van der Waals surface area (Å²) in [5, 5.41) is 7.84. The van der Waals surface area contributed by atoms with Gasteiger partial charge in [-0.25, -0.2) is 0 Å². The van der Waals surface area contributed by atoms with E-state index in [2.05, 4.69) is 18.7 Å². The van der Waals surface area contributed by atoms with Crippen LogP contribution in [0.1, 0.15) is 26.7 Å². The Morgan fingerprint density at radius 3 is 2.58 bits per heavy atom. The molecule has 1 heterocycles. The van der Waals surface area contributed by atoms with E-state index in [1.54, 1.807) is 0 Å². The van der Waals surface area contributed by atoms with Gasteiger partial charge in [0.05, 0.1) is 0 Å². The summed E-state index contributed by atoms with van der Waals surface area (Å²) in [5.41, 5.74) is 0. The Balaban J connectivity index is 2.43. The lowest BCUT2D eigenvalue weighted by atomic mass is 10.2. The molecule has 1 aliphatic heterocycles. The molecule has 1 atom stereocenters. The van der Waals surface area contributed by atoms with E-state index in [9.17, 15) is 0 Å². The Bertz CT molecular complexity index is 145. The van der Waals surface area contributed by atoms with E-state index in [0.29, 0.717) is 5.84 Å². The van der Waals surface area contributed by atoms with Crippen LogP contribution in [0, 0.1) is 5.41 Å². The van der Waals surface area contributed by atoms with Crippen molar-refractivity contribution in [2.75, 3.05) is 19.7 Å². The summed E-state index contributed by atoms with van der Waals surface area (Å²) in [6.45, 7) is 6.80. The van der Waals surface area contributed by atoms with Crippen molar-refractivity contribution in [2.45, 2.75) is 32.8 Å². The van der Waals surface area contributed by atoms with Crippen molar-refractivity contribution in [3.05, 3.63) is 0 Å². The molecule has 1 rings (SSSR count). The van der Waals surface area contributed by atoms with Crippen LogP contribution in [0.4, 0.5) is 0 Å². The zero-order valence-electron chi connectivity index (χ0n) is 7.97. The lowest BCUT2D eigenvalue weighted by Crippen LogP contribution is -2.37. The third-order valence-electron chi connectivity index (χ3n) is 2.34. The minimum Gasteiger partial charge on any atom is -0.370 e. The fraction of sp³-hybridized carbons (Fsp3) is 0.889. The van der Waals surface area contributed by atoms with Crippen LogP contribution in [0.3, 0.4) is 0 Å². The van der Waals surface area contributed by atoms with Gasteiger partial charge in [-0.15, -0.1) is 0 Å². The van der Waals surface area contributed by atoms with Gasteiger partial charge in [-0.1, -0.05) is 0 Å². The van der Waals surface area contributed by atoms with Gasteiger partial charge in [0.25, 0.3) is 0 Å². The van der Waals surface area contributed by atoms with Gasteiger partial charge in [0.1, 0.15) is 11.9 Å². The third-order valence-corrected chi connectivity index (χ3v) is 2.34. The van der Waals surface area contributed by atoms with E-state index >= 15 is 0 Å². The van der Waals surface area contributed by atoms with Crippen molar-refractivity contribution in [1.82, 2.24) is 4.90 Å². The molecule has 1 fully saturated rings. The first-order chi connectivity index (χ1) is 5.79. The largest absolute Gasteiger partial charge is 0.370 e. The fourth-order valence-electron chi connectivity index (χ4n) is 1.56. The summed E-state index contributed by atoms with van der Waals surface area (Å²) in [5.74, 6) is 0.664. The van der Waals surface area contributed by atoms with Crippen molar-refractivity contribution >= 4 is 5.84 Å². The molecule has 0 amide bonds. The quantitative estimate of drug-likeness (QED) is 0.514. The van der Waals surface area contributed by atoms with Crippen molar-refractivity contribution in [3.8, 4) is 0 Å². The van der Waals surface area contributed by atoms with Gasteiger partial charge in [0, 0.05) is 19.7 Å². The fourth-order valence-corrected chi connectivity index (χ4v) is 1.56. The van der Waals surface area contributed by atoms with Gasteiger partial charge in [0.15, 0.2) is 0 Å². The SMILES string of the molecule is CCN(CC)C(=N)C1CCCO1. The summed E-state index contributed by atoms with van der Waals surface area (Å²) in [4.78, 5) is 2.05. The summed E-state index contributed by atoms with van der Waals surface area (Å²) in [6.07, 6.45) is 2.20. The minimum atomic E-state index is 0.0740. The molecule has 1 aliphatic rings. The smallest absolute Gasteiger partial charge is 0.126 e. The maximum absolute atomic E-state index is 7.84. The van der Waals surface area contributed by atoms with Crippen LogP contribution in [-0.4, -0.2) is 36.5 Å². The van der Waals surface area contributed by atoms with Crippen LogP contribution in [-0.2, 0) is 4.74 Å². The zero-order valence-corrected chi connectivity index (χ0v) is 7.97. The first-order valence-corrected chi connectivity index (χ1v) is 4.74. The average molecular weight is 170 g/mol. The summed E-state index contributed by atoms with van der Waals surface area (Å²) < 4.78 is 5.43. The summed E-state index contributed by atoms with van der Waals surface area (Å²) >= 11 is 0. The Morgan fingerprint density at radius 2 is 2.17 bits per heavy atom. The second-order valence-electron chi connectivity index (χ2n) is 3.06. The van der Waals surface area contributed by atoms with Gasteiger partial charge < -0.3 is 9.64 Å². The molecular weight excluding hydrogens is 152 g/mol. The van der Waals surface area contributed by atoms with Crippen molar-refractivity contribution in [1.29, 1.82) is 5.41 Å². The minimum absolute atomic E-state index is 0.0740. The van der Waals surface area contributed by atoms with E-state index in [1.807, 2.05) is 0 Å². The first kappa shape index (κ1) is 9.52. The normalized spacial score (nSPS) is 22.7. The molecule has 3 heteroatoms. The highest BCUT2D eigenvalue weighted by Crippen LogP contribution is 2.14. The second kappa shape index (κ2) is 4.45. The molecule has 1 saturated heterocycles. The molecule has 70 valence electrons. The monoisotopic (exact) mass is 170 g/mol. The Labute approximate surface area is 74.2 Å². The number of ether oxygens (including phenoxy) is 1. The first-order valence-electron chi connectivity index (χ1n) is 4.74. The molecule has 12 heavy (non-hydrogen) atoms. The number of likely N-dealkylation sites (N-methyl/N-ethyl adjacent to an activating group) is 1. The number of rotatable bonds is 3. The molecule has 0 aromatic carbocycles. The highest BCUT2D eigenvalue weighted by atomic mass is 16.5. The number of amidine groups is 1. The molecule has 0 aromatic heterocycles. The van der Waals surface area contributed by atoms with E-state index in [4.69, 9.17) is 10.1 Å². The molecule has 1 N–H and O–H groups in total. The number of hydrogen-bond acceptors (Lipinski definition) is 2. The molecule has 0 aromatic rings. The Hall–Kier alpha value is -0.570. The second-order valence-corrected chi connectivity index (χ2v) is 3.06. The van der Waals surface area contributed by atoms with Crippen molar-refractivity contribution < 1.29 is 4.74 Å². The van der Waals surface area contributed by atoms with Gasteiger partial charge in [-0.2, -0.15) is 0 Å². The lowest BCUT2D eigenvalue weighted by molar-refractivity contribution is 0.146. The summed E-state index contributed by atoms with van der Waals surface area (Å²) in [7, 11) is 0. The van der Waals surface area contributed by atoms with Crippen LogP contribution in [0.25, 0.3) is 0 Å². The van der Waals surface area contributed by atoms with E-state index in [-0.39, 0.29) is 6.10 Å². The molecule has 0 spiro atoms. The molecule has 1 unspecified atom stereocenters. The maximum Gasteiger partial charge on any atom is 0.126 e. The molecule has 0 bridgehead atoms. The summed E-state index contributed by atoms with van der Waals surface area (Å²) in [6, 6.07) is 0. The molecule has 0 saturated carbocycles. The number of hydrogen-bond donors (Lipinski definition) is 1. The van der Waals surface area contributed by atoms with E-state index in [1.165, 1.54) is 0 Å². The van der Waals surface area contributed by atoms with Gasteiger partial charge in [0.2, 0.25) is 0 Å². The highest BCUT2D eigenvalue weighted by Gasteiger charge is 2.23. The van der Waals surface area contributed by atoms with Crippen LogP contribution in [0.2, 0.25) is 0 Å². The molecule has 3 nitrogen and oxygen atoms in total. The average Bonchev–Trinajstić information content (AvgIpc) is 2.58. The Kier molecular flexibility index (Phi) is 3.53. The van der Waals surface area contributed by atoms with Gasteiger partial charge >= 0.3 is 0 Å². The van der Waals surface area contributed by atoms with Crippen molar-refractivity contribution in [2.24, 2.45) is 0 Å². The van der Waals surface area contributed by atoms with E-state index < -0.39 is 0 Å². The molecular formula is C9H18N2O. The number of nitrogens with zero attached hydrogens (tertiary/aromatic N) is 1. The topological polar surface area (TPSA) is 36.3 Å².